The second kappa shape index (κ2) is 26.4. The van der Waals surface area contributed by atoms with Crippen molar-refractivity contribution in [2.75, 3.05) is 19.6 Å². The average molecular weight is 771 g/mol. The Labute approximate surface area is 337 Å². The second-order valence-corrected chi connectivity index (χ2v) is 15.7. The van der Waals surface area contributed by atoms with Crippen LogP contribution in [0.4, 0.5) is 0 Å². The second-order valence-electron chi connectivity index (χ2n) is 15.7. The minimum atomic E-state index is -0.795. The number of rotatable bonds is 28. The summed E-state index contributed by atoms with van der Waals surface area (Å²) >= 11 is 0. The summed E-state index contributed by atoms with van der Waals surface area (Å²) in [5, 5.41) is 21.6. The highest BCUT2D eigenvalue weighted by Crippen LogP contribution is 2.39. The van der Waals surface area contributed by atoms with Gasteiger partial charge in [0, 0.05) is 37.9 Å². The van der Waals surface area contributed by atoms with Gasteiger partial charge in [-0.15, -0.1) is 0 Å². The molecule has 0 bridgehead atoms. The monoisotopic (exact) mass is 771 g/mol. The molecule has 0 spiro atoms. The van der Waals surface area contributed by atoms with Gasteiger partial charge in [0.15, 0.2) is 6.29 Å². The number of ether oxygens (including phenoxy) is 2. The number of carbonyl (C=O) groups is 2. The van der Waals surface area contributed by atoms with Crippen molar-refractivity contribution in [3.05, 3.63) is 95.1 Å². The van der Waals surface area contributed by atoms with E-state index in [0.717, 1.165) is 65.9 Å². The number of carbonyl (C=O) groups excluding carboxylic acids is 1. The molecule has 0 unspecified atom stereocenters. The van der Waals surface area contributed by atoms with E-state index in [0.29, 0.717) is 25.8 Å². The molecule has 1 saturated heterocycles. The van der Waals surface area contributed by atoms with Gasteiger partial charge in [0.1, 0.15) is 0 Å². The number of aliphatic hydroxyl groups excluding tert-OH is 1. The molecule has 0 aliphatic carbocycles. The molecule has 1 amide bonds. The van der Waals surface area contributed by atoms with E-state index in [1.807, 2.05) is 30.3 Å². The summed E-state index contributed by atoms with van der Waals surface area (Å²) in [6.45, 7) is 8.07. The molecule has 4 rings (SSSR count). The first-order chi connectivity index (χ1) is 27.4. The fourth-order valence-corrected chi connectivity index (χ4v) is 7.64. The fourth-order valence-electron chi connectivity index (χ4n) is 7.64. The van der Waals surface area contributed by atoms with Crippen molar-refractivity contribution >= 4 is 11.9 Å². The number of nitrogens with zero attached hydrogens (tertiary/aromatic N) is 1. The van der Waals surface area contributed by atoms with Crippen molar-refractivity contribution in [3.8, 4) is 11.1 Å². The molecule has 1 fully saturated rings. The number of hydrogen-bond donors (Lipinski definition) is 3. The fraction of sp³-hybridized carbons (Fsp3) is 0.583. The Kier molecular flexibility index (Phi) is 21.3. The van der Waals surface area contributed by atoms with Crippen LogP contribution in [0.15, 0.2) is 72.8 Å². The highest BCUT2D eigenvalue weighted by molar-refractivity contribution is 5.76. The van der Waals surface area contributed by atoms with Crippen LogP contribution < -0.4 is 5.32 Å². The topological polar surface area (TPSA) is 108 Å². The van der Waals surface area contributed by atoms with E-state index >= 15 is 0 Å². The van der Waals surface area contributed by atoms with Gasteiger partial charge in [-0.1, -0.05) is 157 Å². The SMILES string of the molecule is CCCCCCCCN(CCCCCCCC)C[C@H]1C[C@@H](c2ccc(CO)cc2)O[C@@H](c2ccc(-c3ccccc3CNC(=O)CCCCCC(=O)O)cc2)O1. The zero-order valence-corrected chi connectivity index (χ0v) is 34.4. The molecule has 8 heteroatoms. The molecule has 3 atom stereocenters. The van der Waals surface area contributed by atoms with Gasteiger partial charge in [-0.3, -0.25) is 9.59 Å². The third-order valence-electron chi connectivity index (χ3n) is 11.0. The minimum Gasteiger partial charge on any atom is -0.481 e. The van der Waals surface area contributed by atoms with Gasteiger partial charge in [0.25, 0.3) is 0 Å². The normalized spacial score (nSPS) is 17.0. The first-order valence-corrected chi connectivity index (χ1v) is 21.8. The molecule has 0 aromatic heterocycles. The standard InChI is InChI=1S/C48H70N2O6/c1-3-5-7-9-11-18-32-50(33-19-12-10-8-6-4-2)36-43-34-45(40-26-24-38(37-51)25-27-40)56-48(55-43)41-30-28-39(29-31-41)44-21-17-16-20-42(44)35-49-46(52)22-14-13-15-23-47(53)54/h16-17,20-21,24-31,43,45,48,51H,3-15,18-19,22-23,32-37H2,1-2H3,(H,49,52)(H,53,54)/t43-,45+,48+/m1/s1. The van der Waals surface area contributed by atoms with Crippen molar-refractivity contribution in [3.63, 3.8) is 0 Å². The quantitative estimate of drug-likeness (QED) is 0.0631. The maximum Gasteiger partial charge on any atom is 0.303 e. The highest BCUT2D eigenvalue weighted by Gasteiger charge is 2.33. The van der Waals surface area contributed by atoms with Crippen LogP contribution in [0.1, 0.15) is 164 Å². The third-order valence-corrected chi connectivity index (χ3v) is 11.0. The van der Waals surface area contributed by atoms with E-state index < -0.39 is 12.3 Å². The molecule has 1 aliphatic heterocycles. The highest BCUT2D eigenvalue weighted by atomic mass is 16.7. The number of aliphatic hydroxyl groups is 1. The van der Waals surface area contributed by atoms with Crippen LogP contribution >= 0.6 is 0 Å². The van der Waals surface area contributed by atoms with Gasteiger partial charge in [-0.05, 0) is 66.6 Å². The predicted octanol–water partition coefficient (Wildman–Crippen LogP) is 11.1. The molecule has 1 heterocycles. The smallest absolute Gasteiger partial charge is 0.303 e. The van der Waals surface area contributed by atoms with Crippen LogP contribution in [0, 0.1) is 0 Å². The Morgan fingerprint density at radius 1 is 0.696 bits per heavy atom. The Balaban J connectivity index is 1.44. The maximum absolute atomic E-state index is 12.6. The van der Waals surface area contributed by atoms with Crippen LogP contribution in [-0.2, 0) is 32.2 Å². The summed E-state index contributed by atoms with van der Waals surface area (Å²) in [6, 6.07) is 24.7. The summed E-state index contributed by atoms with van der Waals surface area (Å²) in [6.07, 6.45) is 18.2. The number of amides is 1. The molecule has 3 aromatic carbocycles. The number of aliphatic carboxylic acids is 1. The van der Waals surface area contributed by atoms with Crippen molar-refractivity contribution in [2.45, 2.75) is 161 Å². The molecule has 0 radical (unpaired) electrons. The van der Waals surface area contributed by atoms with E-state index in [1.54, 1.807) is 0 Å². The lowest BCUT2D eigenvalue weighted by molar-refractivity contribution is -0.253. The lowest BCUT2D eigenvalue weighted by atomic mass is 9.97. The van der Waals surface area contributed by atoms with Gasteiger partial charge < -0.3 is 29.9 Å². The molecule has 56 heavy (non-hydrogen) atoms. The zero-order chi connectivity index (χ0) is 39.8. The number of carboxylic acids is 1. The molecule has 8 nitrogen and oxygen atoms in total. The third kappa shape index (κ3) is 16.5. The van der Waals surface area contributed by atoms with E-state index in [2.05, 4.69) is 66.5 Å². The Morgan fingerprint density at radius 2 is 1.29 bits per heavy atom. The van der Waals surface area contributed by atoms with E-state index in [1.165, 1.54) is 77.0 Å². The van der Waals surface area contributed by atoms with Gasteiger partial charge in [-0.2, -0.15) is 0 Å². The Morgan fingerprint density at radius 3 is 1.93 bits per heavy atom. The van der Waals surface area contributed by atoms with Crippen LogP contribution in [-0.4, -0.2) is 52.7 Å². The summed E-state index contributed by atoms with van der Waals surface area (Å²) in [5.41, 5.74) is 6.12. The van der Waals surface area contributed by atoms with Gasteiger partial charge >= 0.3 is 5.97 Å². The van der Waals surface area contributed by atoms with Crippen LogP contribution in [0.5, 0.6) is 0 Å². The minimum absolute atomic E-state index is 0.0117. The Hall–Kier alpha value is -3.56. The predicted molar refractivity (Wildman–Crippen MR) is 226 cm³/mol. The van der Waals surface area contributed by atoms with Crippen molar-refractivity contribution in [1.82, 2.24) is 10.2 Å². The van der Waals surface area contributed by atoms with Crippen LogP contribution in [0.2, 0.25) is 0 Å². The number of unbranched alkanes of at least 4 members (excludes halogenated alkanes) is 12. The van der Waals surface area contributed by atoms with Crippen LogP contribution in [0.3, 0.4) is 0 Å². The molecule has 0 saturated carbocycles. The molecule has 3 N–H and O–H groups in total. The summed E-state index contributed by atoms with van der Waals surface area (Å²) in [5.74, 6) is -0.819. The summed E-state index contributed by atoms with van der Waals surface area (Å²) in [7, 11) is 0. The number of nitrogens with one attached hydrogen (secondary N) is 1. The number of carboxylic acid groups (broad SMARTS) is 1. The molecule has 308 valence electrons. The van der Waals surface area contributed by atoms with Crippen molar-refractivity contribution < 1.29 is 29.3 Å². The molecule has 1 aliphatic rings. The van der Waals surface area contributed by atoms with Gasteiger partial charge in [0.2, 0.25) is 5.91 Å². The molecular weight excluding hydrogens is 701 g/mol. The first kappa shape index (κ1) is 45.1. The van der Waals surface area contributed by atoms with Crippen LogP contribution in [0.25, 0.3) is 11.1 Å². The van der Waals surface area contributed by atoms with E-state index in [9.17, 15) is 14.7 Å². The van der Waals surface area contributed by atoms with Gasteiger partial charge in [0.05, 0.1) is 18.8 Å². The van der Waals surface area contributed by atoms with E-state index in [-0.39, 0.29) is 31.1 Å². The number of hydrogen-bond acceptors (Lipinski definition) is 6. The summed E-state index contributed by atoms with van der Waals surface area (Å²) < 4.78 is 13.6. The molecular formula is C48H70N2O6. The molecule has 3 aromatic rings. The largest absolute Gasteiger partial charge is 0.481 e. The van der Waals surface area contributed by atoms with Crippen molar-refractivity contribution in [1.29, 1.82) is 0 Å². The first-order valence-electron chi connectivity index (χ1n) is 21.8. The lowest BCUT2D eigenvalue weighted by Crippen LogP contribution is -2.40. The average Bonchev–Trinajstić information content (AvgIpc) is 3.22. The zero-order valence-electron chi connectivity index (χ0n) is 34.4. The Bertz CT molecular complexity index is 1510. The maximum atomic E-state index is 12.6. The van der Waals surface area contributed by atoms with Gasteiger partial charge in [-0.25, -0.2) is 0 Å². The van der Waals surface area contributed by atoms with E-state index in [4.69, 9.17) is 14.6 Å². The summed E-state index contributed by atoms with van der Waals surface area (Å²) in [4.78, 5) is 26.0. The number of benzene rings is 3. The van der Waals surface area contributed by atoms with Crippen molar-refractivity contribution in [2.24, 2.45) is 0 Å². The lowest BCUT2D eigenvalue weighted by Gasteiger charge is -2.38.